The number of benzene rings is 1. The maximum Gasteiger partial charge on any atom is 0.240 e. The predicted octanol–water partition coefficient (Wildman–Crippen LogP) is 0.324. The van der Waals surface area contributed by atoms with E-state index in [1.54, 1.807) is 6.92 Å². The van der Waals surface area contributed by atoms with Crippen LogP contribution in [0.2, 0.25) is 0 Å². The number of hydrogen-bond donors (Lipinski definition) is 2. The highest BCUT2D eigenvalue weighted by atomic mass is 32.2. The summed E-state index contributed by atoms with van der Waals surface area (Å²) < 4.78 is 42.5. The van der Waals surface area contributed by atoms with E-state index in [0.29, 0.717) is 17.3 Å². The van der Waals surface area contributed by atoms with E-state index in [0.717, 1.165) is 0 Å². The molecule has 0 amide bonds. The molecule has 8 heteroatoms. The van der Waals surface area contributed by atoms with Gasteiger partial charge in [0.2, 0.25) is 10.0 Å². The number of sulfonamides is 1. The molecule has 1 atom stereocenters. The van der Waals surface area contributed by atoms with Crippen molar-refractivity contribution in [2.24, 2.45) is 0 Å². The number of anilines is 1. The van der Waals surface area contributed by atoms with E-state index < -0.39 is 20.8 Å². The zero-order valence-corrected chi connectivity index (χ0v) is 12.5. The third kappa shape index (κ3) is 4.48. The number of nitrogen functional groups attached to an aromatic ring is 1. The second-order valence-electron chi connectivity index (χ2n) is 3.73. The highest BCUT2D eigenvalue weighted by molar-refractivity contribution is 7.89. The minimum Gasteiger partial charge on any atom is -0.495 e. The van der Waals surface area contributed by atoms with Gasteiger partial charge in [0.15, 0.2) is 0 Å². The molecule has 0 aliphatic rings. The molecule has 0 saturated heterocycles. The lowest BCUT2D eigenvalue weighted by molar-refractivity contribution is 0.416. The lowest BCUT2D eigenvalue weighted by atomic mass is 10.3. The average Bonchev–Trinajstić information content (AvgIpc) is 2.38. The summed E-state index contributed by atoms with van der Waals surface area (Å²) in [6, 6.07) is 4.24. The molecule has 0 fully saturated rings. The first kappa shape index (κ1) is 15.9. The molecule has 19 heavy (non-hydrogen) atoms. The normalized spacial score (nSPS) is 13.2. The van der Waals surface area contributed by atoms with Gasteiger partial charge in [-0.2, -0.15) is 0 Å². The van der Waals surface area contributed by atoms with Gasteiger partial charge in [0.1, 0.15) is 5.75 Å². The van der Waals surface area contributed by atoms with Gasteiger partial charge >= 0.3 is 0 Å². The molecular weight excluding hydrogens is 288 g/mol. The van der Waals surface area contributed by atoms with Crippen LogP contribution in [0.1, 0.15) is 6.92 Å². The molecule has 6 nitrogen and oxygen atoms in total. The second-order valence-corrected chi connectivity index (χ2v) is 7.37. The molecule has 3 N–H and O–H groups in total. The first-order valence-electron chi connectivity index (χ1n) is 5.69. The summed E-state index contributed by atoms with van der Waals surface area (Å²) in [5.74, 6) is 1.23. The summed E-state index contributed by atoms with van der Waals surface area (Å²) >= 11 is 0. The first-order valence-corrected chi connectivity index (χ1v) is 8.66. The molecule has 0 aromatic heterocycles. The third-order valence-corrected chi connectivity index (χ3v) is 5.22. The van der Waals surface area contributed by atoms with Gasteiger partial charge < -0.3 is 10.5 Å². The average molecular weight is 306 g/mol. The molecule has 0 saturated carbocycles. The fraction of sp³-hybridized carbons (Fsp3) is 0.455. The van der Waals surface area contributed by atoms with Gasteiger partial charge in [-0.1, -0.05) is 6.92 Å². The Bertz CT molecular complexity index is 558. The van der Waals surface area contributed by atoms with Crippen molar-refractivity contribution in [3.63, 3.8) is 0 Å². The van der Waals surface area contributed by atoms with Crippen LogP contribution in [0, 0.1) is 0 Å². The lowest BCUT2D eigenvalue weighted by Gasteiger charge is -2.09. The smallest absolute Gasteiger partial charge is 0.240 e. The lowest BCUT2D eigenvalue weighted by Crippen LogP contribution is -2.28. The van der Waals surface area contributed by atoms with Crippen molar-refractivity contribution < 1.29 is 17.4 Å². The fourth-order valence-corrected chi connectivity index (χ4v) is 3.21. The summed E-state index contributed by atoms with van der Waals surface area (Å²) in [6.07, 6.45) is 0. The van der Waals surface area contributed by atoms with E-state index in [4.69, 9.17) is 10.5 Å². The molecule has 0 bridgehead atoms. The molecule has 1 aromatic carbocycles. The standard InChI is InChI=1S/C11H18N2O4S2/c1-3-18(14)7-6-13-19(15,16)9-4-5-11(17-2)10(12)8-9/h4-5,8,13H,3,6-7,12H2,1-2H3. The number of nitrogens with two attached hydrogens (primary N) is 1. The van der Waals surface area contributed by atoms with Gasteiger partial charge in [0, 0.05) is 28.9 Å². The Hall–Kier alpha value is -1.12. The number of ether oxygens (including phenoxy) is 1. The van der Waals surface area contributed by atoms with Crippen molar-refractivity contribution in [2.45, 2.75) is 11.8 Å². The molecule has 0 heterocycles. The highest BCUT2D eigenvalue weighted by Crippen LogP contribution is 2.24. The van der Waals surface area contributed by atoms with Crippen LogP contribution in [-0.4, -0.2) is 37.8 Å². The Morgan fingerprint density at radius 2 is 2.11 bits per heavy atom. The SMILES string of the molecule is CCS(=O)CCNS(=O)(=O)c1ccc(OC)c(N)c1. The number of hydrogen-bond acceptors (Lipinski definition) is 5. The van der Waals surface area contributed by atoms with Crippen molar-refractivity contribution in [1.82, 2.24) is 4.72 Å². The Morgan fingerprint density at radius 3 is 2.63 bits per heavy atom. The van der Waals surface area contributed by atoms with Crippen molar-refractivity contribution >= 4 is 26.5 Å². The zero-order valence-electron chi connectivity index (χ0n) is 10.9. The summed E-state index contributed by atoms with van der Waals surface area (Å²) in [7, 11) is -3.17. The van der Waals surface area contributed by atoms with Gasteiger partial charge in [-0.15, -0.1) is 0 Å². The Balaban J connectivity index is 2.77. The second kappa shape index (κ2) is 6.88. The van der Waals surface area contributed by atoms with Gasteiger partial charge in [-0.3, -0.25) is 4.21 Å². The van der Waals surface area contributed by atoms with Crippen molar-refractivity contribution in [1.29, 1.82) is 0 Å². The summed E-state index contributed by atoms with van der Waals surface area (Å²) in [4.78, 5) is 0.0630. The largest absolute Gasteiger partial charge is 0.495 e. The number of rotatable bonds is 7. The molecule has 0 radical (unpaired) electrons. The Kier molecular flexibility index (Phi) is 5.77. The summed E-state index contributed by atoms with van der Waals surface area (Å²) in [5.41, 5.74) is 5.91. The Morgan fingerprint density at radius 1 is 1.42 bits per heavy atom. The number of methoxy groups -OCH3 is 1. The quantitative estimate of drug-likeness (QED) is 0.707. The summed E-state index contributed by atoms with van der Waals surface area (Å²) in [6.45, 7) is 1.92. The van der Waals surface area contributed by atoms with E-state index in [1.165, 1.54) is 25.3 Å². The Labute approximate surface area is 115 Å². The topological polar surface area (TPSA) is 98.5 Å². The molecule has 1 rings (SSSR count). The van der Waals surface area contributed by atoms with Crippen LogP contribution in [0.4, 0.5) is 5.69 Å². The van der Waals surface area contributed by atoms with Crippen LogP contribution < -0.4 is 15.2 Å². The van der Waals surface area contributed by atoms with E-state index in [1.807, 2.05) is 0 Å². The van der Waals surface area contributed by atoms with E-state index in [9.17, 15) is 12.6 Å². The predicted molar refractivity (Wildman–Crippen MR) is 76.1 cm³/mol. The van der Waals surface area contributed by atoms with E-state index >= 15 is 0 Å². The molecule has 0 aliphatic carbocycles. The molecule has 0 aliphatic heterocycles. The molecular formula is C11H18N2O4S2. The van der Waals surface area contributed by atoms with Crippen LogP contribution in [0.5, 0.6) is 5.75 Å². The van der Waals surface area contributed by atoms with Crippen molar-refractivity contribution in [2.75, 3.05) is 30.9 Å². The molecule has 108 valence electrons. The van der Waals surface area contributed by atoms with Gasteiger partial charge in [0.05, 0.1) is 17.7 Å². The number of nitrogens with one attached hydrogen (secondary N) is 1. The first-order chi connectivity index (χ1) is 8.90. The maximum absolute atomic E-state index is 11.9. The van der Waals surface area contributed by atoms with Crippen LogP contribution >= 0.6 is 0 Å². The zero-order chi connectivity index (χ0) is 14.5. The van der Waals surface area contributed by atoms with Crippen LogP contribution in [-0.2, 0) is 20.8 Å². The van der Waals surface area contributed by atoms with Gasteiger partial charge in [-0.05, 0) is 18.2 Å². The molecule has 0 spiro atoms. The van der Waals surface area contributed by atoms with Crippen molar-refractivity contribution in [3.8, 4) is 5.75 Å². The summed E-state index contributed by atoms with van der Waals surface area (Å²) in [5, 5.41) is 0. The fourth-order valence-electron chi connectivity index (χ4n) is 1.40. The van der Waals surface area contributed by atoms with Crippen LogP contribution in [0.15, 0.2) is 23.1 Å². The molecule has 1 unspecified atom stereocenters. The maximum atomic E-state index is 11.9. The van der Waals surface area contributed by atoms with Crippen LogP contribution in [0.3, 0.4) is 0 Å². The minimum absolute atomic E-state index is 0.0630. The van der Waals surface area contributed by atoms with Gasteiger partial charge in [0.25, 0.3) is 0 Å². The van der Waals surface area contributed by atoms with Crippen LogP contribution in [0.25, 0.3) is 0 Å². The van der Waals surface area contributed by atoms with E-state index in [-0.39, 0.29) is 17.1 Å². The highest BCUT2D eigenvalue weighted by Gasteiger charge is 2.15. The van der Waals surface area contributed by atoms with E-state index in [2.05, 4.69) is 4.72 Å². The third-order valence-electron chi connectivity index (χ3n) is 2.46. The monoisotopic (exact) mass is 306 g/mol. The van der Waals surface area contributed by atoms with Gasteiger partial charge in [-0.25, -0.2) is 13.1 Å². The minimum atomic E-state index is -3.63. The van der Waals surface area contributed by atoms with Crippen molar-refractivity contribution in [3.05, 3.63) is 18.2 Å². The molecule has 1 aromatic rings.